The Hall–Kier alpha value is -2.13. The highest BCUT2D eigenvalue weighted by Gasteiger charge is 2.49. The number of pyridine rings is 1. The number of likely N-dealkylation sites (tertiary alicyclic amines) is 1. The molecule has 166 valence electrons. The van der Waals surface area contributed by atoms with Crippen molar-refractivity contribution in [3.63, 3.8) is 0 Å². The van der Waals surface area contributed by atoms with E-state index in [1.54, 1.807) is 35.2 Å². The molecule has 1 aromatic carbocycles. The summed E-state index contributed by atoms with van der Waals surface area (Å²) in [5, 5.41) is 4.38. The molecular weight excluding hydrogens is 443 g/mol. The summed E-state index contributed by atoms with van der Waals surface area (Å²) in [4.78, 5) is 14.0. The van der Waals surface area contributed by atoms with E-state index in [0.29, 0.717) is 11.6 Å². The molecule has 0 radical (unpaired) electrons. The van der Waals surface area contributed by atoms with Crippen LogP contribution in [0.5, 0.6) is 0 Å². The Labute approximate surface area is 194 Å². The zero-order valence-corrected chi connectivity index (χ0v) is 19.6. The van der Waals surface area contributed by atoms with Crippen molar-refractivity contribution in [3.8, 4) is 0 Å². The van der Waals surface area contributed by atoms with Crippen molar-refractivity contribution in [2.45, 2.75) is 37.6 Å². The van der Waals surface area contributed by atoms with E-state index in [1.807, 2.05) is 6.07 Å². The fourth-order valence-electron chi connectivity index (χ4n) is 5.62. The molecule has 5 nitrogen and oxygen atoms in total. The van der Waals surface area contributed by atoms with Crippen molar-refractivity contribution in [3.05, 3.63) is 46.7 Å². The zero-order valence-electron chi connectivity index (χ0n) is 17.9. The lowest BCUT2D eigenvalue weighted by Gasteiger charge is -2.44. The van der Waals surface area contributed by atoms with Crippen LogP contribution in [0.25, 0.3) is 20.4 Å². The van der Waals surface area contributed by atoms with Crippen molar-refractivity contribution in [2.24, 2.45) is 0 Å². The Kier molecular flexibility index (Phi) is 5.13. The molecule has 2 saturated heterocycles. The van der Waals surface area contributed by atoms with Gasteiger partial charge < -0.3 is 10.1 Å². The predicted molar refractivity (Wildman–Crippen MR) is 130 cm³/mol. The lowest BCUT2D eigenvalue weighted by molar-refractivity contribution is -0.0132. The maximum Gasteiger partial charge on any atom is 0.148 e. The normalized spacial score (nSPS) is 21.1. The monoisotopic (exact) mass is 468 g/mol. The molecule has 8 heteroatoms. The number of anilines is 2. The summed E-state index contributed by atoms with van der Waals surface area (Å²) in [5.74, 6) is 0.221. The molecule has 4 aromatic rings. The van der Waals surface area contributed by atoms with Gasteiger partial charge in [0.25, 0.3) is 0 Å². The summed E-state index contributed by atoms with van der Waals surface area (Å²) < 4.78 is 21.3. The Morgan fingerprint density at radius 2 is 2.09 bits per heavy atom. The maximum absolute atomic E-state index is 14.7. The van der Waals surface area contributed by atoms with E-state index in [9.17, 15) is 4.39 Å². The van der Waals surface area contributed by atoms with Crippen LogP contribution in [0, 0.1) is 5.82 Å². The van der Waals surface area contributed by atoms with Gasteiger partial charge in [0.05, 0.1) is 27.1 Å². The summed E-state index contributed by atoms with van der Waals surface area (Å²) >= 11 is 3.23. The molecule has 5 heterocycles. The lowest BCUT2D eigenvalue weighted by Crippen LogP contribution is -2.50. The first-order chi connectivity index (χ1) is 15.7. The molecule has 0 bridgehead atoms. The average Bonchev–Trinajstić information content (AvgIpc) is 3.51. The number of benzene rings is 1. The number of nitrogens with zero attached hydrogens (tertiary/aromatic N) is 3. The minimum Gasteiger partial charge on any atom is -0.381 e. The summed E-state index contributed by atoms with van der Waals surface area (Å²) in [7, 11) is 0. The SMILES string of the molecule is CCN1CC[C@H](c2cc3c(Nc4cc5ncsc5cc4F)ccnc3s2)C12CCOCC2. The van der Waals surface area contributed by atoms with Gasteiger partial charge in [-0.05, 0) is 56.6 Å². The van der Waals surface area contributed by atoms with E-state index in [-0.39, 0.29) is 11.4 Å². The highest BCUT2D eigenvalue weighted by molar-refractivity contribution is 7.18. The number of ether oxygens (including phenoxy) is 1. The van der Waals surface area contributed by atoms with Gasteiger partial charge in [-0.15, -0.1) is 22.7 Å². The first kappa shape index (κ1) is 20.5. The third-order valence-corrected chi connectivity index (χ3v) is 9.14. The molecule has 32 heavy (non-hydrogen) atoms. The Morgan fingerprint density at radius 3 is 2.94 bits per heavy atom. The molecule has 3 aromatic heterocycles. The minimum absolute atomic E-state index is 0.184. The summed E-state index contributed by atoms with van der Waals surface area (Å²) in [6.45, 7) is 6.14. The number of nitrogens with one attached hydrogen (secondary N) is 1. The van der Waals surface area contributed by atoms with Crippen LogP contribution in [0.4, 0.5) is 15.8 Å². The van der Waals surface area contributed by atoms with Crippen molar-refractivity contribution in [1.82, 2.24) is 14.9 Å². The molecule has 0 unspecified atom stereocenters. The second-order valence-electron chi connectivity index (χ2n) is 8.64. The first-order valence-electron chi connectivity index (χ1n) is 11.2. The van der Waals surface area contributed by atoms with Crippen LogP contribution >= 0.6 is 22.7 Å². The average molecular weight is 469 g/mol. The molecule has 0 aliphatic carbocycles. The highest BCUT2D eigenvalue weighted by atomic mass is 32.1. The van der Waals surface area contributed by atoms with Gasteiger partial charge in [0.1, 0.15) is 10.6 Å². The van der Waals surface area contributed by atoms with Crippen molar-refractivity contribution < 1.29 is 9.13 Å². The fourth-order valence-corrected chi connectivity index (χ4v) is 7.58. The molecule has 2 aliphatic rings. The van der Waals surface area contributed by atoms with Gasteiger partial charge in [0.2, 0.25) is 0 Å². The smallest absolute Gasteiger partial charge is 0.148 e. The quantitative estimate of drug-likeness (QED) is 0.389. The summed E-state index contributed by atoms with van der Waals surface area (Å²) in [6.07, 6.45) is 5.13. The van der Waals surface area contributed by atoms with Crippen LogP contribution < -0.4 is 5.32 Å². The van der Waals surface area contributed by atoms with Gasteiger partial charge in [-0.25, -0.2) is 14.4 Å². The van der Waals surface area contributed by atoms with Crippen LogP contribution in [0.3, 0.4) is 0 Å². The number of likely N-dealkylation sites (N-methyl/N-ethyl adjacent to an activating group) is 1. The van der Waals surface area contributed by atoms with E-state index in [2.05, 4.69) is 33.2 Å². The molecule has 2 fully saturated rings. The van der Waals surface area contributed by atoms with Gasteiger partial charge in [-0.1, -0.05) is 6.92 Å². The van der Waals surface area contributed by atoms with Gasteiger partial charge in [0.15, 0.2) is 0 Å². The third-order valence-electron chi connectivity index (χ3n) is 7.19. The molecule has 2 aliphatic heterocycles. The molecule has 1 atom stereocenters. The van der Waals surface area contributed by atoms with E-state index < -0.39 is 0 Å². The van der Waals surface area contributed by atoms with Gasteiger partial charge in [-0.3, -0.25) is 4.90 Å². The zero-order chi connectivity index (χ0) is 21.7. The van der Waals surface area contributed by atoms with E-state index in [4.69, 9.17) is 4.74 Å². The number of hydrogen-bond acceptors (Lipinski definition) is 7. The second kappa shape index (κ2) is 8.02. The summed E-state index contributed by atoms with van der Waals surface area (Å²) in [5.41, 5.74) is 4.07. The third kappa shape index (κ3) is 3.23. The fraction of sp³-hybridized carbons (Fsp3) is 0.417. The number of rotatable bonds is 4. The number of thiazole rings is 1. The molecule has 1 spiro atoms. The molecule has 0 amide bonds. The number of halogens is 1. The van der Waals surface area contributed by atoms with Crippen LogP contribution in [0.2, 0.25) is 0 Å². The van der Waals surface area contributed by atoms with Gasteiger partial charge in [-0.2, -0.15) is 0 Å². The molecule has 6 rings (SSSR count). The first-order valence-corrected chi connectivity index (χ1v) is 12.9. The number of thiophene rings is 1. The standard InChI is InChI=1S/C24H25FN4OS2/c1-2-29-8-4-16(24(29)5-9-30-10-6-24)21-11-15-18(3-7-26-23(15)32-21)28-19-13-20-22(12-17(19)25)31-14-27-20/h3,7,11-14,16H,2,4-6,8-10H2,1H3,(H,26,28)/t16-/m1/s1. The second-order valence-corrected chi connectivity index (χ2v) is 10.6. The van der Waals surface area contributed by atoms with Crippen LogP contribution in [0.1, 0.15) is 37.0 Å². The molecule has 1 N–H and O–H groups in total. The number of hydrogen-bond donors (Lipinski definition) is 1. The van der Waals surface area contributed by atoms with Crippen molar-refractivity contribution >= 4 is 54.5 Å². The van der Waals surface area contributed by atoms with Crippen LogP contribution in [0.15, 0.2) is 36.0 Å². The Bertz CT molecular complexity index is 1280. The lowest BCUT2D eigenvalue weighted by atomic mass is 9.77. The minimum atomic E-state index is -0.266. The van der Waals surface area contributed by atoms with Crippen LogP contribution in [-0.2, 0) is 4.74 Å². The van der Waals surface area contributed by atoms with Gasteiger partial charge in [0, 0.05) is 41.1 Å². The predicted octanol–water partition coefficient (Wildman–Crippen LogP) is 6.15. The highest BCUT2D eigenvalue weighted by Crippen LogP contribution is 2.50. The molecule has 0 saturated carbocycles. The van der Waals surface area contributed by atoms with E-state index in [1.165, 1.54) is 22.6 Å². The Morgan fingerprint density at radius 1 is 1.22 bits per heavy atom. The largest absolute Gasteiger partial charge is 0.381 e. The Balaban J connectivity index is 1.38. The van der Waals surface area contributed by atoms with E-state index in [0.717, 1.165) is 65.3 Å². The topological polar surface area (TPSA) is 50.3 Å². The van der Waals surface area contributed by atoms with E-state index >= 15 is 0 Å². The number of fused-ring (bicyclic) bond motifs is 2. The van der Waals surface area contributed by atoms with Crippen molar-refractivity contribution in [2.75, 3.05) is 31.6 Å². The molecular formula is C24H25FN4OS2. The maximum atomic E-state index is 14.7. The van der Waals surface area contributed by atoms with Crippen LogP contribution in [-0.4, -0.2) is 46.7 Å². The van der Waals surface area contributed by atoms with Gasteiger partial charge >= 0.3 is 0 Å². The summed E-state index contributed by atoms with van der Waals surface area (Å²) in [6, 6.07) is 7.56. The number of aromatic nitrogens is 2. The van der Waals surface area contributed by atoms with Crippen molar-refractivity contribution in [1.29, 1.82) is 0 Å².